The van der Waals surface area contributed by atoms with Gasteiger partial charge < -0.3 is 9.84 Å². The fraction of sp³-hybridized carbons (Fsp3) is 0.667. The highest BCUT2D eigenvalue weighted by Crippen LogP contribution is 2.26. The highest BCUT2D eigenvalue weighted by molar-refractivity contribution is 5.88. The van der Waals surface area contributed by atoms with Crippen LogP contribution < -0.4 is 4.74 Å². The molecule has 0 spiro atoms. The number of hydrogen-bond acceptors (Lipinski definition) is 2. The van der Waals surface area contributed by atoms with Crippen molar-refractivity contribution in [3.05, 3.63) is 29.3 Å². The van der Waals surface area contributed by atoms with Crippen LogP contribution in [0.4, 0.5) is 8.78 Å². The van der Waals surface area contributed by atoms with Gasteiger partial charge in [0.25, 0.3) is 0 Å². The highest BCUT2D eigenvalue weighted by atomic mass is 19.2. The average Bonchev–Trinajstić information content (AvgIpc) is 2.58. The molecule has 0 aliphatic rings. The smallest absolute Gasteiger partial charge is 0.338 e. The Hall–Kier alpha value is -1.65. The second-order valence-electron chi connectivity index (χ2n) is 7.96. The minimum absolute atomic E-state index is 0.205. The van der Waals surface area contributed by atoms with Crippen LogP contribution in [0.25, 0.3) is 0 Å². The lowest BCUT2D eigenvalue weighted by Gasteiger charge is -2.22. The summed E-state index contributed by atoms with van der Waals surface area (Å²) in [7, 11) is 0. The number of hydrogen-bond donors (Lipinski definition) is 1. The number of halogens is 2. The van der Waals surface area contributed by atoms with Crippen molar-refractivity contribution in [2.24, 2.45) is 23.7 Å². The molecule has 0 saturated heterocycles. The van der Waals surface area contributed by atoms with E-state index in [1.165, 1.54) is 18.9 Å². The molecule has 0 saturated carbocycles. The summed E-state index contributed by atoms with van der Waals surface area (Å²) in [5, 5.41) is 8.79. The van der Waals surface area contributed by atoms with Crippen molar-refractivity contribution in [1.29, 1.82) is 0 Å². The monoisotopic (exact) mass is 370 g/mol. The predicted octanol–water partition coefficient (Wildman–Crippen LogP) is 6.17. The van der Waals surface area contributed by atoms with E-state index < -0.39 is 23.2 Å². The van der Waals surface area contributed by atoms with E-state index in [1.54, 1.807) is 0 Å². The molecule has 0 radical (unpaired) electrons. The van der Waals surface area contributed by atoms with Crippen LogP contribution in [0.2, 0.25) is 0 Å². The summed E-state index contributed by atoms with van der Waals surface area (Å²) < 4.78 is 32.9. The topological polar surface area (TPSA) is 46.5 Å². The SMILES string of the molecule is CC(C)CCC(C)C(C)CCC(C)COc1ccc(C(=O)O)c(F)c1F. The van der Waals surface area contributed by atoms with E-state index in [1.807, 2.05) is 6.92 Å². The van der Waals surface area contributed by atoms with E-state index >= 15 is 0 Å². The number of benzene rings is 1. The number of carboxylic acid groups (broad SMARTS) is 1. The fourth-order valence-corrected chi connectivity index (χ4v) is 2.84. The molecule has 1 N–H and O–H groups in total. The van der Waals surface area contributed by atoms with Gasteiger partial charge in [-0.1, -0.05) is 53.9 Å². The fourth-order valence-electron chi connectivity index (χ4n) is 2.84. The average molecular weight is 370 g/mol. The number of rotatable bonds is 11. The summed E-state index contributed by atoms with van der Waals surface area (Å²) >= 11 is 0. The maximum Gasteiger partial charge on any atom is 0.338 e. The third-order valence-electron chi connectivity index (χ3n) is 5.09. The molecule has 26 heavy (non-hydrogen) atoms. The van der Waals surface area contributed by atoms with Crippen molar-refractivity contribution in [2.75, 3.05) is 6.61 Å². The third-order valence-corrected chi connectivity index (χ3v) is 5.09. The van der Waals surface area contributed by atoms with Gasteiger partial charge in [0.1, 0.15) is 0 Å². The molecule has 1 aromatic carbocycles. The van der Waals surface area contributed by atoms with Crippen LogP contribution in [0.5, 0.6) is 5.75 Å². The molecule has 3 nitrogen and oxygen atoms in total. The first-order chi connectivity index (χ1) is 12.1. The van der Waals surface area contributed by atoms with Crippen molar-refractivity contribution in [1.82, 2.24) is 0 Å². The highest BCUT2D eigenvalue weighted by Gasteiger charge is 2.20. The van der Waals surface area contributed by atoms with Gasteiger partial charge in [-0.05, 0) is 42.2 Å². The van der Waals surface area contributed by atoms with Crippen molar-refractivity contribution < 1.29 is 23.4 Å². The van der Waals surface area contributed by atoms with Gasteiger partial charge in [-0.25, -0.2) is 9.18 Å². The Kier molecular flexibility index (Phi) is 9.03. The maximum atomic E-state index is 13.9. The Labute approximate surface area is 155 Å². The number of carboxylic acids is 1. The van der Waals surface area contributed by atoms with Gasteiger partial charge >= 0.3 is 5.97 Å². The minimum Gasteiger partial charge on any atom is -0.490 e. The molecule has 1 aromatic rings. The third kappa shape index (κ3) is 6.93. The van der Waals surface area contributed by atoms with E-state index in [9.17, 15) is 13.6 Å². The number of ether oxygens (including phenoxy) is 1. The van der Waals surface area contributed by atoms with Crippen LogP contribution in [0.15, 0.2) is 12.1 Å². The van der Waals surface area contributed by atoms with Gasteiger partial charge in [0.2, 0.25) is 5.82 Å². The Bertz CT molecular complexity index is 587. The summed E-state index contributed by atoms with van der Waals surface area (Å²) in [5.74, 6) is -2.15. The van der Waals surface area contributed by atoms with Gasteiger partial charge in [0.15, 0.2) is 11.6 Å². The molecule has 5 heteroatoms. The molecule has 0 aliphatic carbocycles. The summed E-state index contributed by atoms with van der Waals surface area (Å²) in [5.41, 5.74) is -0.688. The Balaban J connectivity index is 2.46. The van der Waals surface area contributed by atoms with Crippen LogP contribution in [0, 0.1) is 35.3 Å². The first-order valence-corrected chi connectivity index (χ1v) is 9.47. The Morgan fingerprint density at radius 2 is 1.54 bits per heavy atom. The van der Waals surface area contributed by atoms with Crippen molar-refractivity contribution in [3.8, 4) is 5.75 Å². The van der Waals surface area contributed by atoms with Crippen LogP contribution in [-0.2, 0) is 0 Å². The normalized spacial score (nSPS) is 14.9. The molecule has 1 rings (SSSR count). The van der Waals surface area contributed by atoms with Crippen molar-refractivity contribution in [2.45, 2.75) is 60.3 Å². The minimum atomic E-state index is -1.50. The zero-order valence-electron chi connectivity index (χ0n) is 16.5. The second kappa shape index (κ2) is 10.5. The summed E-state index contributed by atoms with van der Waals surface area (Å²) in [6.07, 6.45) is 4.48. The standard InChI is InChI=1S/C21H32F2O3/c1-13(2)6-8-15(4)16(5)9-7-14(3)12-26-18-11-10-17(21(24)25)19(22)20(18)23/h10-11,13-16H,6-9,12H2,1-5H3,(H,24,25). The molecule has 148 valence electrons. The van der Waals surface area contributed by atoms with Crippen molar-refractivity contribution in [3.63, 3.8) is 0 Å². The molecule has 3 unspecified atom stereocenters. The molecule has 0 amide bonds. The Morgan fingerprint density at radius 3 is 2.08 bits per heavy atom. The van der Waals surface area contributed by atoms with E-state index in [0.29, 0.717) is 11.8 Å². The molecular weight excluding hydrogens is 338 g/mol. The van der Waals surface area contributed by atoms with Gasteiger partial charge in [0, 0.05) is 0 Å². The lowest BCUT2D eigenvalue weighted by Crippen LogP contribution is -2.14. The molecule has 0 aliphatic heterocycles. The molecule has 0 fully saturated rings. The molecular formula is C21H32F2O3. The molecule has 0 bridgehead atoms. The van der Waals surface area contributed by atoms with Gasteiger partial charge in [-0.2, -0.15) is 4.39 Å². The summed E-state index contributed by atoms with van der Waals surface area (Å²) in [4.78, 5) is 10.8. The first kappa shape index (κ1) is 22.4. The summed E-state index contributed by atoms with van der Waals surface area (Å²) in [6, 6.07) is 2.20. The largest absolute Gasteiger partial charge is 0.490 e. The van der Waals surface area contributed by atoms with E-state index in [2.05, 4.69) is 27.7 Å². The quantitative estimate of drug-likeness (QED) is 0.507. The van der Waals surface area contributed by atoms with Crippen LogP contribution in [-0.4, -0.2) is 17.7 Å². The van der Waals surface area contributed by atoms with E-state index in [4.69, 9.17) is 9.84 Å². The maximum absolute atomic E-state index is 13.9. The van der Waals surface area contributed by atoms with Crippen LogP contribution in [0.1, 0.15) is 70.7 Å². The molecule has 0 heterocycles. The second-order valence-corrected chi connectivity index (χ2v) is 7.96. The first-order valence-electron chi connectivity index (χ1n) is 9.47. The molecule has 3 atom stereocenters. The van der Waals surface area contributed by atoms with Gasteiger partial charge in [0.05, 0.1) is 12.2 Å². The van der Waals surface area contributed by atoms with E-state index in [0.717, 1.165) is 24.8 Å². The summed E-state index contributed by atoms with van der Waals surface area (Å²) in [6.45, 7) is 11.3. The van der Waals surface area contributed by atoms with Gasteiger partial charge in [-0.3, -0.25) is 0 Å². The Morgan fingerprint density at radius 1 is 0.962 bits per heavy atom. The number of carbonyl (C=O) groups is 1. The zero-order valence-corrected chi connectivity index (χ0v) is 16.5. The van der Waals surface area contributed by atoms with E-state index in [-0.39, 0.29) is 18.3 Å². The van der Waals surface area contributed by atoms with Crippen LogP contribution in [0.3, 0.4) is 0 Å². The molecule has 0 aromatic heterocycles. The number of aromatic carboxylic acids is 1. The lowest BCUT2D eigenvalue weighted by molar-refractivity contribution is 0.0690. The predicted molar refractivity (Wildman–Crippen MR) is 99.6 cm³/mol. The van der Waals surface area contributed by atoms with Gasteiger partial charge in [-0.15, -0.1) is 0 Å². The van der Waals surface area contributed by atoms with Crippen LogP contribution >= 0.6 is 0 Å². The lowest BCUT2D eigenvalue weighted by atomic mass is 9.85. The zero-order chi connectivity index (χ0) is 19.9. The van der Waals surface area contributed by atoms with Crippen molar-refractivity contribution >= 4 is 5.97 Å².